The van der Waals surface area contributed by atoms with E-state index in [0.717, 1.165) is 25.7 Å². The second-order valence-corrected chi connectivity index (χ2v) is 4.63. The Morgan fingerprint density at radius 1 is 1.11 bits per heavy atom. The Morgan fingerprint density at radius 2 is 1.78 bits per heavy atom. The maximum Gasteiger partial charge on any atom is 0.306 e. The minimum atomic E-state index is -0.575. The van der Waals surface area contributed by atoms with Crippen LogP contribution in [0.5, 0.6) is 0 Å². The van der Waals surface area contributed by atoms with Gasteiger partial charge in [-0.2, -0.15) is 0 Å². The fourth-order valence-corrected chi connectivity index (χ4v) is 2.78. The molecule has 0 saturated heterocycles. The zero-order chi connectivity index (χ0) is 13.4. The van der Waals surface area contributed by atoms with Crippen molar-refractivity contribution in [3.05, 3.63) is 0 Å². The summed E-state index contributed by atoms with van der Waals surface area (Å²) in [5.74, 6) is -0.604. The van der Waals surface area contributed by atoms with Crippen LogP contribution < -0.4 is 0 Å². The van der Waals surface area contributed by atoms with Gasteiger partial charge in [0.25, 0.3) is 0 Å². The van der Waals surface area contributed by atoms with Gasteiger partial charge in [-0.3, -0.25) is 4.79 Å². The van der Waals surface area contributed by atoms with E-state index >= 15 is 0 Å². The number of carbonyl (C=O) groups is 1. The van der Waals surface area contributed by atoms with Gasteiger partial charge in [-0.25, -0.2) is 0 Å². The van der Waals surface area contributed by atoms with Gasteiger partial charge in [0.1, 0.15) is 0 Å². The highest BCUT2D eigenvalue weighted by atomic mass is 16.7. The molecule has 0 aromatic heterocycles. The van der Waals surface area contributed by atoms with Crippen LogP contribution in [0.25, 0.3) is 0 Å². The third-order valence-corrected chi connectivity index (χ3v) is 3.45. The van der Waals surface area contributed by atoms with Crippen molar-refractivity contribution in [2.45, 2.75) is 58.7 Å². The SMILES string of the molecule is CCOC(=O)CC1CCCCC1(OCC)OCC. The Bertz CT molecular complexity index is 241. The standard InChI is InChI=1S/C14H26O4/c1-4-16-13(15)11-12-9-7-8-10-14(12,17-5-2)18-6-3/h12H,4-11H2,1-3H3. The van der Waals surface area contributed by atoms with E-state index in [1.54, 1.807) is 0 Å². The van der Waals surface area contributed by atoms with E-state index in [0.29, 0.717) is 26.2 Å². The van der Waals surface area contributed by atoms with E-state index in [4.69, 9.17) is 14.2 Å². The molecule has 0 N–H and O–H groups in total. The molecule has 18 heavy (non-hydrogen) atoms. The largest absolute Gasteiger partial charge is 0.466 e. The Labute approximate surface area is 110 Å². The molecule has 1 unspecified atom stereocenters. The van der Waals surface area contributed by atoms with Crippen LogP contribution in [-0.2, 0) is 19.0 Å². The molecular weight excluding hydrogens is 232 g/mol. The molecule has 106 valence electrons. The maximum absolute atomic E-state index is 11.7. The highest BCUT2D eigenvalue weighted by Gasteiger charge is 2.43. The number of hydrogen-bond donors (Lipinski definition) is 0. The fourth-order valence-electron chi connectivity index (χ4n) is 2.78. The summed E-state index contributed by atoms with van der Waals surface area (Å²) in [5.41, 5.74) is 0. The van der Waals surface area contributed by atoms with Gasteiger partial charge >= 0.3 is 5.97 Å². The van der Waals surface area contributed by atoms with Crippen LogP contribution in [0, 0.1) is 5.92 Å². The third-order valence-electron chi connectivity index (χ3n) is 3.45. The molecule has 1 fully saturated rings. The smallest absolute Gasteiger partial charge is 0.306 e. The molecule has 1 rings (SSSR count). The summed E-state index contributed by atoms with van der Waals surface area (Å²) >= 11 is 0. The molecule has 0 heterocycles. The quantitative estimate of drug-likeness (QED) is 0.520. The van der Waals surface area contributed by atoms with Crippen molar-refractivity contribution < 1.29 is 19.0 Å². The second-order valence-electron chi connectivity index (χ2n) is 4.63. The van der Waals surface area contributed by atoms with E-state index in [-0.39, 0.29) is 11.9 Å². The van der Waals surface area contributed by atoms with Crippen molar-refractivity contribution in [3.63, 3.8) is 0 Å². The highest BCUT2D eigenvalue weighted by Crippen LogP contribution is 2.40. The summed E-state index contributed by atoms with van der Waals surface area (Å²) in [6.45, 7) is 7.42. The Hall–Kier alpha value is -0.610. The van der Waals surface area contributed by atoms with Crippen molar-refractivity contribution in [2.24, 2.45) is 5.92 Å². The van der Waals surface area contributed by atoms with Gasteiger partial charge in [0.05, 0.1) is 13.0 Å². The van der Waals surface area contributed by atoms with Crippen molar-refractivity contribution in [1.29, 1.82) is 0 Å². The highest BCUT2D eigenvalue weighted by molar-refractivity contribution is 5.69. The van der Waals surface area contributed by atoms with Crippen molar-refractivity contribution in [2.75, 3.05) is 19.8 Å². The van der Waals surface area contributed by atoms with Crippen LogP contribution in [0.15, 0.2) is 0 Å². The third kappa shape index (κ3) is 3.95. The van der Waals surface area contributed by atoms with E-state index in [1.807, 2.05) is 20.8 Å². The van der Waals surface area contributed by atoms with E-state index in [9.17, 15) is 4.79 Å². The second kappa shape index (κ2) is 7.74. The van der Waals surface area contributed by atoms with Gasteiger partial charge in [-0.1, -0.05) is 6.42 Å². The molecule has 0 aromatic rings. The van der Waals surface area contributed by atoms with Crippen LogP contribution in [0.3, 0.4) is 0 Å². The van der Waals surface area contributed by atoms with Crippen LogP contribution in [0.4, 0.5) is 0 Å². The first-order valence-corrected chi connectivity index (χ1v) is 7.12. The summed E-state index contributed by atoms with van der Waals surface area (Å²) in [6, 6.07) is 0. The van der Waals surface area contributed by atoms with Crippen molar-refractivity contribution >= 4 is 5.97 Å². The first-order valence-electron chi connectivity index (χ1n) is 7.12. The van der Waals surface area contributed by atoms with Gasteiger partial charge in [-0.05, 0) is 33.6 Å². The Balaban J connectivity index is 2.71. The molecule has 0 amide bonds. The molecular formula is C14H26O4. The average molecular weight is 258 g/mol. The number of rotatable bonds is 7. The van der Waals surface area contributed by atoms with Gasteiger partial charge in [0.2, 0.25) is 0 Å². The molecule has 1 saturated carbocycles. The van der Waals surface area contributed by atoms with E-state index in [2.05, 4.69) is 0 Å². The predicted molar refractivity (Wildman–Crippen MR) is 69.2 cm³/mol. The van der Waals surface area contributed by atoms with Crippen molar-refractivity contribution in [1.82, 2.24) is 0 Å². The van der Waals surface area contributed by atoms with Crippen LogP contribution in [0.2, 0.25) is 0 Å². The maximum atomic E-state index is 11.7. The molecule has 0 aromatic carbocycles. The Morgan fingerprint density at radius 3 is 2.33 bits per heavy atom. The zero-order valence-corrected chi connectivity index (χ0v) is 11.9. The number of esters is 1. The van der Waals surface area contributed by atoms with Gasteiger partial charge < -0.3 is 14.2 Å². The number of ether oxygens (including phenoxy) is 3. The topological polar surface area (TPSA) is 44.8 Å². The lowest BCUT2D eigenvalue weighted by molar-refractivity contribution is -0.277. The lowest BCUT2D eigenvalue weighted by Gasteiger charge is -2.42. The first kappa shape index (κ1) is 15.4. The molecule has 1 aliphatic carbocycles. The predicted octanol–water partition coefficient (Wildman–Crippen LogP) is 2.90. The summed E-state index contributed by atoms with van der Waals surface area (Å²) in [6.07, 6.45) is 4.47. The lowest BCUT2D eigenvalue weighted by Crippen LogP contribution is -2.47. The lowest BCUT2D eigenvalue weighted by atomic mass is 9.81. The monoisotopic (exact) mass is 258 g/mol. The van der Waals surface area contributed by atoms with Gasteiger partial charge in [0.15, 0.2) is 5.79 Å². The first-order chi connectivity index (χ1) is 8.68. The number of carbonyl (C=O) groups excluding carboxylic acids is 1. The molecule has 4 nitrogen and oxygen atoms in total. The van der Waals surface area contributed by atoms with Crippen LogP contribution >= 0.6 is 0 Å². The van der Waals surface area contributed by atoms with E-state index < -0.39 is 5.79 Å². The van der Waals surface area contributed by atoms with E-state index in [1.165, 1.54) is 0 Å². The molecule has 1 aliphatic rings. The molecule has 4 heteroatoms. The summed E-state index contributed by atoms with van der Waals surface area (Å²) < 4.78 is 16.8. The normalized spacial score (nSPS) is 22.7. The van der Waals surface area contributed by atoms with Crippen LogP contribution in [-0.4, -0.2) is 31.6 Å². The minimum Gasteiger partial charge on any atom is -0.466 e. The molecule has 0 spiro atoms. The number of hydrogen-bond acceptors (Lipinski definition) is 4. The summed E-state index contributed by atoms with van der Waals surface area (Å²) in [5, 5.41) is 0. The average Bonchev–Trinajstić information content (AvgIpc) is 2.33. The molecule has 0 aliphatic heterocycles. The zero-order valence-electron chi connectivity index (χ0n) is 11.9. The summed E-state index contributed by atoms with van der Waals surface area (Å²) in [7, 11) is 0. The minimum absolute atomic E-state index is 0.116. The van der Waals surface area contributed by atoms with Crippen LogP contribution in [0.1, 0.15) is 52.9 Å². The molecule has 0 bridgehead atoms. The molecule has 1 atom stereocenters. The Kier molecular flexibility index (Phi) is 6.65. The van der Waals surface area contributed by atoms with Gasteiger partial charge in [-0.15, -0.1) is 0 Å². The fraction of sp³-hybridized carbons (Fsp3) is 0.929. The summed E-state index contributed by atoms with van der Waals surface area (Å²) in [4.78, 5) is 11.7. The van der Waals surface area contributed by atoms with Crippen molar-refractivity contribution in [3.8, 4) is 0 Å². The van der Waals surface area contributed by atoms with Gasteiger partial charge in [0, 0.05) is 25.6 Å². The molecule has 0 radical (unpaired) electrons.